The van der Waals surface area contributed by atoms with E-state index >= 15 is 0 Å². The van der Waals surface area contributed by atoms with Gasteiger partial charge < -0.3 is 5.32 Å². The maximum absolute atomic E-state index is 4.62. The van der Waals surface area contributed by atoms with Crippen LogP contribution < -0.4 is 5.32 Å². The first kappa shape index (κ1) is 14.8. The monoisotopic (exact) mass is 271 g/mol. The molecule has 0 saturated heterocycles. The van der Waals surface area contributed by atoms with Crippen molar-refractivity contribution in [1.29, 1.82) is 0 Å². The summed E-state index contributed by atoms with van der Waals surface area (Å²) in [7, 11) is 0. The minimum absolute atomic E-state index is 0.0197. The molecule has 20 heavy (non-hydrogen) atoms. The Morgan fingerprint density at radius 1 is 1.15 bits per heavy atom. The van der Waals surface area contributed by atoms with Gasteiger partial charge in [0.25, 0.3) is 0 Å². The van der Waals surface area contributed by atoms with Crippen molar-refractivity contribution in [2.75, 3.05) is 6.54 Å². The normalized spacial score (nSPS) is 11.8. The summed E-state index contributed by atoms with van der Waals surface area (Å²) in [5.41, 5.74) is 3.70. The van der Waals surface area contributed by atoms with Crippen LogP contribution in [0, 0.1) is 0 Å². The zero-order valence-corrected chi connectivity index (χ0v) is 13.0. The fourth-order valence-electron chi connectivity index (χ4n) is 2.32. The molecule has 0 aliphatic carbocycles. The second-order valence-corrected chi connectivity index (χ2v) is 6.14. The number of nitrogens with one attached hydrogen (secondary N) is 1. The van der Waals surface area contributed by atoms with Crippen molar-refractivity contribution in [3.05, 3.63) is 42.1 Å². The van der Waals surface area contributed by atoms with Gasteiger partial charge in [-0.3, -0.25) is 4.68 Å². The predicted molar refractivity (Wildman–Crippen MR) is 84.7 cm³/mol. The van der Waals surface area contributed by atoms with Gasteiger partial charge in [-0.2, -0.15) is 5.10 Å². The molecule has 0 radical (unpaired) electrons. The van der Waals surface area contributed by atoms with Crippen molar-refractivity contribution in [1.82, 2.24) is 15.1 Å². The molecule has 1 aromatic carbocycles. The summed E-state index contributed by atoms with van der Waals surface area (Å²) in [6.07, 6.45) is 3.14. The zero-order chi connectivity index (χ0) is 14.6. The van der Waals surface area contributed by atoms with Gasteiger partial charge in [0, 0.05) is 17.7 Å². The molecule has 0 aliphatic rings. The minimum Gasteiger partial charge on any atom is -0.313 e. The van der Waals surface area contributed by atoms with E-state index in [4.69, 9.17) is 0 Å². The highest BCUT2D eigenvalue weighted by Gasteiger charge is 2.21. The molecular weight excluding hydrogens is 246 g/mol. The summed E-state index contributed by atoms with van der Waals surface area (Å²) in [5.74, 6) is 0. The van der Waals surface area contributed by atoms with E-state index in [-0.39, 0.29) is 5.54 Å². The topological polar surface area (TPSA) is 29.9 Å². The number of nitrogens with zero attached hydrogens (tertiary/aromatic N) is 2. The lowest BCUT2D eigenvalue weighted by Gasteiger charge is -2.23. The van der Waals surface area contributed by atoms with Gasteiger partial charge in [0.1, 0.15) is 0 Å². The van der Waals surface area contributed by atoms with Gasteiger partial charge >= 0.3 is 0 Å². The number of hydrogen-bond acceptors (Lipinski definition) is 2. The summed E-state index contributed by atoms with van der Waals surface area (Å²) in [6.45, 7) is 10.7. The van der Waals surface area contributed by atoms with Gasteiger partial charge in [-0.1, -0.05) is 37.3 Å². The molecule has 2 rings (SSSR count). The van der Waals surface area contributed by atoms with Crippen molar-refractivity contribution in [2.24, 2.45) is 0 Å². The highest BCUT2D eigenvalue weighted by molar-refractivity contribution is 5.63. The van der Waals surface area contributed by atoms with Crippen molar-refractivity contribution in [3.8, 4) is 11.3 Å². The minimum atomic E-state index is -0.0197. The van der Waals surface area contributed by atoms with E-state index in [1.807, 2.05) is 6.20 Å². The van der Waals surface area contributed by atoms with Gasteiger partial charge in [0.2, 0.25) is 0 Å². The van der Waals surface area contributed by atoms with E-state index in [0.717, 1.165) is 19.5 Å². The summed E-state index contributed by atoms with van der Waals surface area (Å²) in [6, 6.07) is 10.5. The molecule has 1 N–H and O–H groups in total. The molecule has 0 unspecified atom stereocenters. The van der Waals surface area contributed by atoms with Crippen molar-refractivity contribution in [2.45, 2.75) is 46.2 Å². The Balaban J connectivity index is 2.41. The molecule has 0 bridgehead atoms. The molecule has 0 saturated carbocycles. The van der Waals surface area contributed by atoms with Crippen molar-refractivity contribution >= 4 is 0 Å². The van der Waals surface area contributed by atoms with E-state index in [0.29, 0.717) is 0 Å². The Hall–Kier alpha value is -1.61. The van der Waals surface area contributed by atoms with E-state index in [9.17, 15) is 0 Å². The molecule has 1 aromatic heterocycles. The largest absolute Gasteiger partial charge is 0.313 e. The first-order valence-electron chi connectivity index (χ1n) is 7.37. The van der Waals surface area contributed by atoms with Gasteiger partial charge in [-0.25, -0.2) is 0 Å². The van der Waals surface area contributed by atoms with Crippen molar-refractivity contribution in [3.63, 3.8) is 0 Å². The van der Waals surface area contributed by atoms with E-state index in [2.05, 4.69) is 73.1 Å². The predicted octanol–water partition coefficient (Wildman–Crippen LogP) is 3.80. The van der Waals surface area contributed by atoms with E-state index in [1.165, 1.54) is 16.8 Å². The first-order chi connectivity index (χ1) is 9.54. The van der Waals surface area contributed by atoms with Crippen molar-refractivity contribution < 1.29 is 0 Å². The highest BCUT2D eigenvalue weighted by atomic mass is 15.3. The Morgan fingerprint density at radius 2 is 1.85 bits per heavy atom. The highest BCUT2D eigenvalue weighted by Crippen LogP contribution is 2.28. The number of hydrogen-bond donors (Lipinski definition) is 1. The second kappa shape index (κ2) is 6.23. The van der Waals surface area contributed by atoms with Crippen LogP contribution in [0.1, 0.15) is 39.7 Å². The summed E-state index contributed by atoms with van der Waals surface area (Å²) in [4.78, 5) is 0. The standard InChI is InChI=1S/C17H25N3/c1-5-11-18-12-15-13-19-20(17(2,3)4)16(15)14-9-7-6-8-10-14/h6-10,13,18H,5,11-12H2,1-4H3. The van der Waals surface area contributed by atoms with Crippen LogP contribution in [0.25, 0.3) is 11.3 Å². The lowest BCUT2D eigenvalue weighted by Crippen LogP contribution is -2.24. The summed E-state index contributed by atoms with van der Waals surface area (Å²) in [5, 5.41) is 8.09. The third-order valence-corrected chi connectivity index (χ3v) is 3.27. The van der Waals surface area contributed by atoms with Crippen LogP contribution in [0.3, 0.4) is 0 Å². The third-order valence-electron chi connectivity index (χ3n) is 3.27. The molecule has 0 spiro atoms. The fourth-order valence-corrected chi connectivity index (χ4v) is 2.32. The second-order valence-electron chi connectivity index (χ2n) is 6.14. The molecular formula is C17H25N3. The van der Waals surface area contributed by atoms with E-state index in [1.54, 1.807) is 0 Å². The molecule has 3 nitrogen and oxygen atoms in total. The van der Waals surface area contributed by atoms with Crippen LogP contribution in [0.2, 0.25) is 0 Å². The quantitative estimate of drug-likeness (QED) is 0.838. The van der Waals surface area contributed by atoms with Crippen LogP contribution in [-0.4, -0.2) is 16.3 Å². The maximum atomic E-state index is 4.62. The molecule has 108 valence electrons. The maximum Gasteiger partial charge on any atom is 0.0733 e. The smallest absolute Gasteiger partial charge is 0.0733 e. The molecule has 2 aromatic rings. The fraction of sp³-hybridized carbons (Fsp3) is 0.471. The summed E-state index contributed by atoms with van der Waals surface area (Å²) < 4.78 is 2.13. The van der Waals surface area contributed by atoms with Gasteiger partial charge in [-0.15, -0.1) is 0 Å². The number of rotatable bonds is 5. The molecule has 0 atom stereocenters. The van der Waals surface area contributed by atoms with Gasteiger partial charge in [-0.05, 0) is 33.7 Å². The van der Waals surface area contributed by atoms with Crippen LogP contribution in [0.15, 0.2) is 36.5 Å². The molecule has 0 aliphatic heterocycles. The van der Waals surface area contributed by atoms with Gasteiger partial charge in [0.15, 0.2) is 0 Å². The number of aromatic nitrogens is 2. The lowest BCUT2D eigenvalue weighted by molar-refractivity contribution is 0.360. The SMILES string of the molecule is CCCNCc1cnn(C(C)(C)C)c1-c1ccccc1. The van der Waals surface area contributed by atoms with Crippen LogP contribution in [0.5, 0.6) is 0 Å². The van der Waals surface area contributed by atoms with E-state index < -0.39 is 0 Å². The van der Waals surface area contributed by atoms with Gasteiger partial charge in [0.05, 0.1) is 17.4 Å². The molecule has 0 fully saturated rings. The number of benzene rings is 1. The average molecular weight is 271 g/mol. The summed E-state index contributed by atoms with van der Waals surface area (Å²) >= 11 is 0. The molecule has 1 heterocycles. The average Bonchev–Trinajstić information content (AvgIpc) is 2.84. The lowest BCUT2D eigenvalue weighted by atomic mass is 10.0. The first-order valence-corrected chi connectivity index (χ1v) is 7.37. The zero-order valence-electron chi connectivity index (χ0n) is 13.0. The Morgan fingerprint density at radius 3 is 2.45 bits per heavy atom. The third kappa shape index (κ3) is 3.28. The Kier molecular flexibility index (Phi) is 4.61. The van der Waals surface area contributed by atoms with Crippen LogP contribution in [0.4, 0.5) is 0 Å². The Bertz CT molecular complexity index is 535. The van der Waals surface area contributed by atoms with Crippen LogP contribution in [-0.2, 0) is 12.1 Å². The Labute approximate surface area is 122 Å². The molecule has 0 amide bonds. The molecule has 3 heteroatoms. The van der Waals surface area contributed by atoms with Crippen LogP contribution >= 0.6 is 0 Å².